The van der Waals surface area contributed by atoms with Crippen molar-refractivity contribution in [3.05, 3.63) is 0 Å². The maximum atomic E-state index is 11.5. The van der Waals surface area contributed by atoms with Gasteiger partial charge >= 0.3 is 5.97 Å². The van der Waals surface area contributed by atoms with E-state index in [0.29, 0.717) is 26.0 Å². The average molecular weight is 229 g/mol. The number of hydrogen-bond donors (Lipinski definition) is 1. The van der Waals surface area contributed by atoms with Crippen molar-refractivity contribution in [3.63, 3.8) is 0 Å². The lowest BCUT2D eigenvalue weighted by Crippen LogP contribution is -2.61. The van der Waals surface area contributed by atoms with Crippen molar-refractivity contribution in [3.8, 4) is 0 Å². The van der Waals surface area contributed by atoms with Gasteiger partial charge in [0.15, 0.2) is 5.54 Å². The van der Waals surface area contributed by atoms with Crippen LogP contribution in [0.4, 0.5) is 0 Å². The molecule has 1 aliphatic rings. The van der Waals surface area contributed by atoms with E-state index in [0.717, 1.165) is 6.42 Å². The second-order valence-electron chi connectivity index (χ2n) is 4.16. The summed E-state index contributed by atoms with van der Waals surface area (Å²) in [5, 5.41) is 9.36. The average Bonchev–Trinajstić information content (AvgIpc) is 2.26. The number of carboxylic acids is 1. The van der Waals surface area contributed by atoms with Crippen molar-refractivity contribution >= 4 is 11.9 Å². The molecule has 1 unspecified atom stereocenters. The molecule has 1 amide bonds. The van der Waals surface area contributed by atoms with Crippen LogP contribution in [0, 0.1) is 0 Å². The Morgan fingerprint density at radius 3 is 2.56 bits per heavy atom. The van der Waals surface area contributed by atoms with E-state index in [1.807, 2.05) is 6.92 Å². The van der Waals surface area contributed by atoms with Crippen LogP contribution in [0.3, 0.4) is 0 Å². The minimum Gasteiger partial charge on any atom is -0.479 e. The van der Waals surface area contributed by atoms with E-state index in [2.05, 4.69) is 0 Å². The molecule has 0 aromatic carbocycles. The number of rotatable bonds is 4. The predicted octanol–water partition coefficient (Wildman–Crippen LogP) is 0.879. The molecule has 0 aromatic heterocycles. The zero-order chi connectivity index (χ0) is 12.2. The summed E-state index contributed by atoms with van der Waals surface area (Å²) in [4.78, 5) is 24.4. The van der Waals surface area contributed by atoms with Gasteiger partial charge in [-0.2, -0.15) is 0 Å². The van der Waals surface area contributed by atoms with Crippen LogP contribution in [-0.2, 0) is 14.3 Å². The normalized spacial score (nSPS) is 25.1. The third-order valence-corrected chi connectivity index (χ3v) is 2.96. The summed E-state index contributed by atoms with van der Waals surface area (Å²) in [6.07, 6.45) is 1.90. The summed E-state index contributed by atoms with van der Waals surface area (Å²) in [5.74, 6) is -1.16. The Morgan fingerprint density at radius 2 is 2.19 bits per heavy atom. The Hall–Kier alpha value is -1.10. The van der Waals surface area contributed by atoms with Gasteiger partial charge in [-0.1, -0.05) is 6.92 Å². The fraction of sp³-hybridized carbons (Fsp3) is 0.818. The maximum absolute atomic E-state index is 11.5. The molecule has 5 nitrogen and oxygen atoms in total. The topological polar surface area (TPSA) is 66.8 Å². The van der Waals surface area contributed by atoms with Crippen molar-refractivity contribution < 1.29 is 19.4 Å². The molecule has 0 aliphatic carbocycles. The Balaban J connectivity index is 2.96. The third kappa shape index (κ3) is 2.35. The number of carboxylic acid groups (broad SMARTS) is 1. The summed E-state index contributed by atoms with van der Waals surface area (Å²) >= 11 is 0. The quantitative estimate of drug-likeness (QED) is 0.777. The zero-order valence-electron chi connectivity index (χ0n) is 9.86. The van der Waals surface area contributed by atoms with Crippen LogP contribution in [0.25, 0.3) is 0 Å². The molecule has 0 bridgehead atoms. The third-order valence-electron chi connectivity index (χ3n) is 2.96. The molecule has 92 valence electrons. The zero-order valence-corrected chi connectivity index (χ0v) is 9.86. The maximum Gasteiger partial charge on any atom is 0.332 e. The first-order valence-electron chi connectivity index (χ1n) is 5.64. The molecule has 1 saturated heterocycles. The fourth-order valence-corrected chi connectivity index (χ4v) is 2.17. The molecule has 5 heteroatoms. The van der Waals surface area contributed by atoms with Crippen molar-refractivity contribution in [2.75, 3.05) is 19.8 Å². The van der Waals surface area contributed by atoms with Crippen LogP contribution in [0.15, 0.2) is 0 Å². The van der Waals surface area contributed by atoms with Gasteiger partial charge in [0.25, 0.3) is 0 Å². The van der Waals surface area contributed by atoms with E-state index < -0.39 is 11.5 Å². The summed E-state index contributed by atoms with van der Waals surface area (Å²) in [6, 6.07) is 0. The molecule has 1 heterocycles. The van der Waals surface area contributed by atoms with Gasteiger partial charge in [-0.3, -0.25) is 4.79 Å². The van der Waals surface area contributed by atoms with E-state index >= 15 is 0 Å². The first-order chi connectivity index (χ1) is 7.54. The van der Waals surface area contributed by atoms with Crippen LogP contribution >= 0.6 is 0 Å². The van der Waals surface area contributed by atoms with Crippen LogP contribution in [-0.4, -0.2) is 47.2 Å². The number of aliphatic carboxylic acids is 1. The molecule has 0 aromatic rings. The van der Waals surface area contributed by atoms with Crippen LogP contribution in [0.5, 0.6) is 0 Å². The van der Waals surface area contributed by atoms with Gasteiger partial charge in [-0.15, -0.1) is 0 Å². The highest BCUT2D eigenvalue weighted by atomic mass is 16.5. The highest BCUT2D eigenvalue weighted by Crippen LogP contribution is 2.27. The Labute approximate surface area is 95.4 Å². The second-order valence-corrected chi connectivity index (χ2v) is 4.16. The van der Waals surface area contributed by atoms with Gasteiger partial charge in [-0.05, 0) is 19.3 Å². The molecule has 0 spiro atoms. The lowest BCUT2D eigenvalue weighted by molar-refractivity contribution is -0.168. The lowest BCUT2D eigenvalue weighted by Gasteiger charge is -2.42. The first-order valence-corrected chi connectivity index (χ1v) is 5.64. The van der Waals surface area contributed by atoms with E-state index in [4.69, 9.17) is 4.74 Å². The molecule has 0 radical (unpaired) electrons. The highest BCUT2D eigenvalue weighted by Gasteiger charge is 2.46. The molecule has 1 atom stereocenters. The highest BCUT2D eigenvalue weighted by molar-refractivity contribution is 5.86. The van der Waals surface area contributed by atoms with E-state index in [9.17, 15) is 14.7 Å². The SMILES string of the molecule is CCCN(C(C)=O)C1(C(=O)O)CCCOC1. The van der Waals surface area contributed by atoms with Gasteiger partial charge < -0.3 is 14.7 Å². The monoisotopic (exact) mass is 229 g/mol. The van der Waals surface area contributed by atoms with Crippen molar-refractivity contribution in [1.29, 1.82) is 0 Å². The van der Waals surface area contributed by atoms with Crippen molar-refractivity contribution in [2.24, 2.45) is 0 Å². The summed E-state index contributed by atoms with van der Waals surface area (Å²) < 4.78 is 5.25. The molecule has 1 fully saturated rings. The number of carbonyl (C=O) groups is 2. The van der Waals surface area contributed by atoms with Crippen LogP contribution in [0.2, 0.25) is 0 Å². The Kier molecular flexibility index (Phi) is 4.29. The first kappa shape index (κ1) is 13.0. The molecule has 16 heavy (non-hydrogen) atoms. The molecule has 1 rings (SSSR count). The molecular formula is C11H19NO4. The Morgan fingerprint density at radius 1 is 1.50 bits per heavy atom. The molecule has 0 saturated carbocycles. The number of hydrogen-bond acceptors (Lipinski definition) is 3. The number of carbonyl (C=O) groups excluding carboxylic acids is 1. The minimum absolute atomic E-state index is 0.0991. The van der Waals surface area contributed by atoms with Gasteiger partial charge in [0.2, 0.25) is 5.91 Å². The van der Waals surface area contributed by atoms with Crippen LogP contribution < -0.4 is 0 Å². The van der Waals surface area contributed by atoms with Crippen molar-refractivity contribution in [2.45, 2.75) is 38.6 Å². The van der Waals surface area contributed by atoms with Gasteiger partial charge in [0, 0.05) is 20.1 Å². The summed E-state index contributed by atoms with van der Waals surface area (Å²) in [7, 11) is 0. The summed E-state index contributed by atoms with van der Waals surface area (Å²) in [6.45, 7) is 4.48. The predicted molar refractivity (Wildman–Crippen MR) is 58.1 cm³/mol. The van der Waals surface area contributed by atoms with Gasteiger partial charge in [0.05, 0.1) is 6.61 Å². The van der Waals surface area contributed by atoms with E-state index in [1.165, 1.54) is 11.8 Å². The van der Waals surface area contributed by atoms with Gasteiger partial charge in [-0.25, -0.2) is 4.79 Å². The Bertz CT molecular complexity index is 271. The number of amides is 1. The molecular weight excluding hydrogens is 210 g/mol. The number of ether oxygens (including phenoxy) is 1. The lowest BCUT2D eigenvalue weighted by atomic mass is 9.90. The van der Waals surface area contributed by atoms with Gasteiger partial charge in [0.1, 0.15) is 0 Å². The van der Waals surface area contributed by atoms with Crippen LogP contribution in [0.1, 0.15) is 33.1 Å². The largest absolute Gasteiger partial charge is 0.479 e. The molecule has 1 aliphatic heterocycles. The smallest absolute Gasteiger partial charge is 0.332 e. The fourth-order valence-electron chi connectivity index (χ4n) is 2.17. The van der Waals surface area contributed by atoms with E-state index in [1.54, 1.807) is 0 Å². The van der Waals surface area contributed by atoms with Crippen molar-refractivity contribution in [1.82, 2.24) is 4.90 Å². The standard InChI is InChI=1S/C11H19NO4/c1-3-6-12(9(2)13)11(10(14)15)5-4-7-16-8-11/h3-8H2,1-2H3,(H,14,15). The summed E-state index contributed by atoms with van der Waals surface area (Å²) in [5.41, 5.74) is -1.15. The minimum atomic E-state index is -1.15. The van der Waals surface area contributed by atoms with E-state index in [-0.39, 0.29) is 12.5 Å². The second kappa shape index (κ2) is 5.30. The number of nitrogens with zero attached hydrogens (tertiary/aromatic N) is 1. The molecule has 1 N–H and O–H groups in total.